The minimum Gasteiger partial charge on any atom is -0.288 e. The molecule has 26 heavy (non-hydrogen) atoms. The Morgan fingerprint density at radius 3 is 2.42 bits per heavy atom. The van der Waals surface area contributed by atoms with E-state index in [1.54, 1.807) is 24.3 Å². The highest BCUT2D eigenvalue weighted by atomic mass is 32.1. The van der Waals surface area contributed by atoms with Gasteiger partial charge in [0.15, 0.2) is 5.82 Å². The summed E-state index contributed by atoms with van der Waals surface area (Å²) in [4.78, 5) is 35.8. The van der Waals surface area contributed by atoms with E-state index in [0.29, 0.717) is 32.5 Å². The molecule has 0 radical (unpaired) electrons. The molecule has 1 aromatic heterocycles. The van der Waals surface area contributed by atoms with Crippen molar-refractivity contribution in [3.8, 4) is 11.5 Å². The Labute approximate surface area is 150 Å². The highest BCUT2D eigenvalue weighted by Crippen LogP contribution is 2.35. The van der Waals surface area contributed by atoms with E-state index in [-0.39, 0.29) is 17.3 Å². The van der Waals surface area contributed by atoms with Gasteiger partial charge in [-0.05, 0) is 6.07 Å². The Bertz CT molecular complexity index is 1380. The maximum Gasteiger partial charge on any atom is 0.213 e. The molecule has 0 amide bonds. The molecule has 0 N–H and O–H groups in total. The Morgan fingerprint density at radius 2 is 1.58 bits per heavy atom. The van der Waals surface area contributed by atoms with Crippen molar-refractivity contribution < 1.29 is 9.59 Å². The molecule has 6 nitrogen and oxygen atoms in total. The van der Waals surface area contributed by atoms with Gasteiger partial charge in [-0.1, -0.05) is 53.8 Å². The number of nitrogens with zero attached hydrogens (tertiary/aromatic N) is 4. The molecule has 2 aromatic carbocycles. The van der Waals surface area contributed by atoms with Gasteiger partial charge in [-0.25, -0.2) is 4.98 Å². The second-order valence-corrected chi connectivity index (χ2v) is 7.07. The second kappa shape index (κ2) is 4.59. The summed E-state index contributed by atoms with van der Waals surface area (Å²) in [6.07, 6.45) is 0. The average molecular weight is 356 g/mol. The molecule has 3 heterocycles. The van der Waals surface area contributed by atoms with Gasteiger partial charge >= 0.3 is 0 Å². The van der Waals surface area contributed by atoms with Crippen molar-refractivity contribution >= 4 is 38.8 Å². The van der Waals surface area contributed by atoms with Crippen LogP contribution >= 0.6 is 11.3 Å². The molecule has 2 aliphatic heterocycles. The smallest absolute Gasteiger partial charge is 0.213 e. The van der Waals surface area contributed by atoms with E-state index < -0.39 is 0 Å². The molecule has 0 bridgehead atoms. The zero-order valence-electron chi connectivity index (χ0n) is 13.1. The normalized spacial score (nSPS) is 13.5. The monoisotopic (exact) mass is 356 g/mol. The Balaban J connectivity index is 1.74. The Kier molecular flexibility index (Phi) is 2.43. The van der Waals surface area contributed by atoms with E-state index in [9.17, 15) is 9.59 Å². The first-order valence-corrected chi connectivity index (χ1v) is 8.80. The van der Waals surface area contributed by atoms with E-state index in [4.69, 9.17) is 0 Å². The molecule has 1 aliphatic carbocycles. The Morgan fingerprint density at radius 1 is 0.846 bits per heavy atom. The lowest BCUT2D eigenvalue weighted by atomic mass is 9.91. The molecule has 3 aromatic rings. The number of benzene rings is 2. The van der Waals surface area contributed by atoms with Crippen molar-refractivity contribution in [3.63, 3.8) is 0 Å². The quantitative estimate of drug-likeness (QED) is 0.418. The number of ketones is 2. The van der Waals surface area contributed by atoms with Crippen LogP contribution in [0.5, 0.6) is 0 Å². The molecule has 0 unspecified atom stereocenters. The minimum atomic E-state index is -0.205. The summed E-state index contributed by atoms with van der Waals surface area (Å²) in [6, 6.07) is 14.5. The van der Waals surface area contributed by atoms with Crippen LogP contribution in [0.1, 0.15) is 31.3 Å². The van der Waals surface area contributed by atoms with Crippen LogP contribution in [0, 0.1) is 0 Å². The standard InChI is InChI=1S/C19H8N4O2S/c24-15-9-5-1-2-6-10(9)16(25)17-14(15)23-19(26-17)21-18-13(22-23)11-7-3-4-8-12(11)20-18/h1-8H. The maximum absolute atomic E-state index is 13.0. The first kappa shape index (κ1) is 13.8. The summed E-state index contributed by atoms with van der Waals surface area (Å²) in [5, 5.41) is 5.50. The summed E-state index contributed by atoms with van der Waals surface area (Å²) < 4.78 is 1.49. The lowest BCUT2D eigenvalue weighted by Crippen LogP contribution is -2.21. The number of carbonyl (C=O) groups excluding carboxylic acids is 2. The third-order valence-electron chi connectivity index (χ3n) is 4.64. The van der Waals surface area contributed by atoms with Gasteiger partial charge in [0, 0.05) is 16.5 Å². The van der Waals surface area contributed by atoms with Gasteiger partial charge in [-0.2, -0.15) is 14.6 Å². The summed E-state index contributed by atoms with van der Waals surface area (Å²) in [5.41, 5.74) is 2.55. The molecule has 0 saturated heterocycles. The predicted octanol–water partition coefficient (Wildman–Crippen LogP) is 3.22. The average Bonchev–Trinajstić information content (AvgIpc) is 3.22. The van der Waals surface area contributed by atoms with Crippen molar-refractivity contribution in [2.24, 2.45) is 0 Å². The molecule has 0 saturated carbocycles. The number of fused-ring (bicyclic) bond motifs is 7. The largest absolute Gasteiger partial charge is 0.288 e. The number of rotatable bonds is 0. The van der Waals surface area contributed by atoms with Crippen LogP contribution in [0.2, 0.25) is 0 Å². The molecule has 7 heteroatoms. The van der Waals surface area contributed by atoms with Crippen LogP contribution in [-0.4, -0.2) is 31.1 Å². The van der Waals surface area contributed by atoms with Crippen LogP contribution in [0.4, 0.5) is 0 Å². The van der Waals surface area contributed by atoms with Crippen molar-refractivity contribution in [3.05, 3.63) is 70.2 Å². The van der Waals surface area contributed by atoms with Gasteiger partial charge in [0.2, 0.25) is 16.5 Å². The van der Waals surface area contributed by atoms with Crippen molar-refractivity contribution in [2.75, 3.05) is 0 Å². The van der Waals surface area contributed by atoms with Gasteiger partial charge in [-0.3, -0.25) is 9.59 Å². The van der Waals surface area contributed by atoms with Gasteiger partial charge in [-0.15, -0.1) is 0 Å². The zero-order chi connectivity index (χ0) is 17.4. The van der Waals surface area contributed by atoms with Crippen LogP contribution in [0.15, 0.2) is 48.5 Å². The topological polar surface area (TPSA) is 77.2 Å². The van der Waals surface area contributed by atoms with Crippen LogP contribution in [0.3, 0.4) is 0 Å². The minimum absolute atomic E-state index is 0.162. The van der Waals surface area contributed by atoms with Gasteiger partial charge in [0.1, 0.15) is 16.3 Å². The van der Waals surface area contributed by atoms with E-state index in [0.717, 1.165) is 10.9 Å². The number of aromatic nitrogens is 4. The third-order valence-corrected chi connectivity index (χ3v) is 5.67. The van der Waals surface area contributed by atoms with E-state index in [1.165, 1.54) is 15.9 Å². The number of carbonyl (C=O) groups is 2. The second-order valence-electron chi connectivity index (χ2n) is 6.09. The maximum atomic E-state index is 13.0. The van der Waals surface area contributed by atoms with E-state index in [2.05, 4.69) is 15.1 Å². The van der Waals surface area contributed by atoms with Crippen LogP contribution in [-0.2, 0) is 0 Å². The van der Waals surface area contributed by atoms with Crippen molar-refractivity contribution in [1.82, 2.24) is 19.6 Å². The molecule has 3 aliphatic rings. The molecule has 122 valence electrons. The van der Waals surface area contributed by atoms with Gasteiger partial charge in [0.25, 0.3) is 0 Å². The molecule has 0 fully saturated rings. The third kappa shape index (κ3) is 1.58. The van der Waals surface area contributed by atoms with Crippen LogP contribution < -0.4 is 0 Å². The highest BCUT2D eigenvalue weighted by Gasteiger charge is 2.35. The number of hydrogen-bond donors (Lipinski definition) is 0. The molecule has 0 spiro atoms. The summed E-state index contributed by atoms with van der Waals surface area (Å²) >= 11 is 1.18. The summed E-state index contributed by atoms with van der Waals surface area (Å²) in [7, 11) is 0. The number of para-hydroxylation sites is 1. The number of hydrogen-bond acceptors (Lipinski definition) is 6. The predicted molar refractivity (Wildman–Crippen MR) is 96.1 cm³/mol. The fourth-order valence-corrected chi connectivity index (χ4v) is 4.46. The molecule has 0 atom stereocenters. The Hall–Kier alpha value is -3.45. The molecular formula is C19H8N4O2S. The lowest BCUT2D eigenvalue weighted by molar-refractivity contribution is 0.0977. The first-order valence-electron chi connectivity index (χ1n) is 7.99. The zero-order valence-corrected chi connectivity index (χ0v) is 13.9. The fraction of sp³-hybridized carbons (Fsp3) is 0. The number of thiazole rings is 1. The summed E-state index contributed by atoms with van der Waals surface area (Å²) in [6.45, 7) is 0. The SMILES string of the molecule is O=C1c2ccccc2C(=O)c2c1sc1nc3nc4ccccc4c-3nn21. The van der Waals surface area contributed by atoms with Crippen molar-refractivity contribution in [1.29, 1.82) is 0 Å². The summed E-state index contributed by atoms with van der Waals surface area (Å²) in [5.74, 6) is 0.149. The fourth-order valence-electron chi connectivity index (χ4n) is 3.45. The first-order chi connectivity index (χ1) is 12.7. The lowest BCUT2D eigenvalue weighted by Gasteiger charge is -2.13. The molecule has 6 rings (SSSR count). The van der Waals surface area contributed by atoms with E-state index >= 15 is 0 Å². The van der Waals surface area contributed by atoms with Crippen molar-refractivity contribution in [2.45, 2.75) is 0 Å². The van der Waals surface area contributed by atoms with Gasteiger partial charge in [0.05, 0.1) is 5.52 Å². The molecular weight excluding hydrogens is 348 g/mol. The highest BCUT2D eigenvalue weighted by molar-refractivity contribution is 7.19. The van der Waals surface area contributed by atoms with Gasteiger partial charge < -0.3 is 0 Å². The van der Waals surface area contributed by atoms with Crippen LogP contribution in [0.25, 0.3) is 27.4 Å². The van der Waals surface area contributed by atoms with E-state index in [1.807, 2.05) is 24.3 Å².